The Balaban J connectivity index is 3.52. The van der Waals surface area contributed by atoms with Crippen LogP contribution in [0.4, 0.5) is 0 Å². The number of aldehydes is 1. The lowest BCUT2D eigenvalue weighted by Crippen LogP contribution is -1.80. The third-order valence-electron chi connectivity index (χ3n) is 0.512. The third-order valence-corrected chi connectivity index (χ3v) is 1.05. The van der Waals surface area contributed by atoms with E-state index < -0.39 is 0 Å². The molecule has 0 fully saturated rings. The maximum atomic E-state index is 10.3. The summed E-state index contributed by atoms with van der Waals surface area (Å²) >= 11 is 1.08. The Kier molecular flexibility index (Phi) is 4.26. The number of thioether (sulfide) groups is 1. The molecule has 0 bridgehead atoms. The van der Waals surface area contributed by atoms with E-state index in [1.807, 2.05) is 0 Å². The molecule has 0 amide bonds. The Labute approximate surface area is 52.0 Å². The molecule has 0 unspecified atom stereocenters. The Bertz CT molecular complexity index is 118. The molecule has 0 spiro atoms. The quantitative estimate of drug-likeness (QED) is 0.406. The van der Waals surface area contributed by atoms with Crippen molar-refractivity contribution in [1.29, 1.82) is 0 Å². The first-order chi connectivity index (χ1) is 3.81. The predicted molar refractivity (Wildman–Crippen MR) is 33.7 cm³/mol. The van der Waals surface area contributed by atoms with E-state index >= 15 is 0 Å². The van der Waals surface area contributed by atoms with E-state index in [1.54, 1.807) is 6.26 Å². The molecular formula is C5H6O2S. The van der Waals surface area contributed by atoms with Crippen LogP contribution in [0.5, 0.6) is 0 Å². The first kappa shape index (κ1) is 7.43. The summed E-state index contributed by atoms with van der Waals surface area (Å²) in [4.78, 5) is 19.9. The second-order valence-electron chi connectivity index (χ2n) is 1.02. The zero-order valence-electron chi connectivity index (χ0n) is 4.46. The van der Waals surface area contributed by atoms with Crippen LogP contribution in [0.15, 0.2) is 12.2 Å². The SMILES string of the molecule is CSC(=O)/C=C/C=O. The molecule has 0 aromatic carbocycles. The van der Waals surface area contributed by atoms with Gasteiger partial charge in [0.1, 0.15) is 6.29 Å². The Morgan fingerprint density at radius 1 is 1.62 bits per heavy atom. The predicted octanol–water partition coefficient (Wildman–Crippen LogP) is 0.631. The van der Waals surface area contributed by atoms with Crippen molar-refractivity contribution in [1.82, 2.24) is 0 Å². The number of hydrogen-bond acceptors (Lipinski definition) is 3. The van der Waals surface area contributed by atoms with Crippen LogP contribution < -0.4 is 0 Å². The molecule has 0 aromatic heterocycles. The molecule has 2 nitrogen and oxygen atoms in total. The van der Waals surface area contributed by atoms with Crippen LogP contribution >= 0.6 is 11.8 Å². The zero-order valence-corrected chi connectivity index (χ0v) is 5.27. The number of allylic oxidation sites excluding steroid dienone is 1. The van der Waals surface area contributed by atoms with Crippen LogP contribution in [-0.4, -0.2) is 17.7 Å². The van der Waals surface area contributed by atoms with Crippen molar-refractivity contribution in [3.63, 3.8) is 0 Å². The Morgan fingerprint density at radius 2 is 2.25 bits per heavy atom. The van der Waals surface area contributed by atoms with Crippen molar-refractivity contribution < 1.29 is 9.59 Å². The summed E-state index contributed by atoms with van der Waals surface area (Å²) in [5.41, 5.74) is 0. The number of hydrogen-bond donors (Lipinski definition) is 0. The maximum absolute atomic E-state index is 10.3. The number of rotatable bonds is 2. The summed E-state index contributed by atoms with van der Waals surface area (Å²) in [5, 5.41) is -0.0999. The van der Waals surface area contributed by atoms with Crippen LogP contribution in [0.1, 0.15) is 0 Å². The highest BCUT2D eigenvalue weighted by Gasteiger charge is 1.86. The topological polar surface area (TPSA) is 34.1 Å². The molecule has 0 radical (unpaired) electrons. The van der Waals surface area contributed by atoms with Crippen molar-refractivity contribution in [3.8, 4) is 0 Å². The van der Waals surface area contributed by atoms with Gasteiger partial charge in [0, 0.05) is 0 Å². The summed E-state index contributed by atoms with van der Waals surface area (Å²) in [6, 6.07) is 0. The fourth-order valence-electron chi connectivity index (χ4n) is 0.186. The van der Waals surface area contributed by atoms with Gasteiger partial charge in [0.15, 0.2) is 0 Å². The van der Waals surface area contributed by atoms with Gasteiger partial charge in [-0.15, -0.1) is 0 Å². The lowest BCUT2D eigenvalue weighted by Gasteiger charge is -1.77. The highest BCUT2D eigenvalue weighted by atomic mass is 32.2. The molecule has 0 N–H and O–H groups in total. The third kappa shape index (κ3) is 3.61. The summed E-state index contributed by atoms with van der Waals surface area (Å²) < 4.78 is 0. The molecule has 44 valence electrons. The second-order valence-corrected chi connectivity index (χ2v) is 1.83. The van der Waals surface area contributed by atoms with Gasteiger partial charge in [0.25, 0.3) is 0 Å². The van der Waals surface area contributed by atoms with Gasteiger partial charge in [0.2, 0.25) is 5.12 Å². The Morgan fingerprint density at radius 3 is 2.62 bits per heavy atom. The van der Waals surface area contributed by atoms with Crippen LogP contribution in [0.3, 0.4) is 0 Å². The smallest absolute Gasteiger partial charge is 0.211 e. The van der Waals surface area contributed by atoms with E-state index in [2.05, 4.69) is 0 Å². The van der Waals surface area contributed by atoms with Gasteiger partial charge >= 0.3 is 0 Å². The lowest BCUT2D eigenvalue weighted by molar-refractivity contribution is -0.108. The molecule has 0 aliphatic heterocycles. The van der Waals surface area contributed by atoms with Gasteiger partial charge < -0.3 is 0 Å². The van der Waals surface area contributed by atoms with Gasteiger partial charge in [-0.05, 0) is 18.4 Å². The molecule has 0 heterocycles. The van der Waals surface area contributed by atoms with Gasteiger partial charge in [-0.3, -0.25) is 9.59 Å². The van der Waals surface area contributed by atoms with Crippen molar-refractivity contribution in [2.45, 2.75) is 0 Å². The maximum Gasteiger partial charge on any atom is 0.211 e. The molecule has 3 heteroatoms. The van der Waals surface area contributed by atoms with Crippen LogP contribution in [0, 0.1) is 0 Å². The standard InChI is InChI=1S/C5H6O2S/c1-8-5(7)3-2-4-6/h2-4H,1H3/b3-2+. The zero-order chi connectivity index (χ0) is 6.41. The summed E-state index contributed by atoms with van der Waals surface area (Å²) in [6.07, 6.45) is 4.65. The van der Waals surface area contributed by atoms with E-state index in [-0.39, 0.29) is 5.12 Å². The molecule has 0 saturated carbocycles. The monoisotopic (exact) mass is 130 g/mol. The average Bonchev–Trinajstić information content (AvgIpc) is 1.83. The van der Waals surface area contributed by atoms with E-state index in [4.69, 9.17) is 0 Å². The fourth-order valence-corrected chi connectivity index (χ4v) is 0.401. The number of carbonyl (C=O) groups is 2. The van der Waals surface area contributed by atoms with E-state index in [1.165, 1.54) is 12.2 Å². The molecule has 0 saturated heterocycles. The highest BCUT2D eigenvalue weighted by molar-refractivity contribution is 8.13. The molecule has 0 rings (SSSR count). The first-order valence-corrected chi connectivity index (χ1v) is 3.23. The minimum Gasteiger partial charge on any atom is -0.299 e. The van der Waals surface area contributed by atoms with Crippen molar-refractivity contribution in [3.05, 3.63) is 12.2 Å². The largest absolute Gasteiger partial charge is 0.299 e. The van der Waals surface area contributed by atoms with Gasteiger partial charge in [-0.1, -0.05) is 11.8 Å². The summed E-state index contributed by atoms with van der Waals surface area (Å²) in [7, 11) is 0. The van der Waals surface area contributed by atoms with Gasteiger partial charge in [-0.25, -0.2) is 0 Å². The van der Waals surface area contributed by atoms with Crippen LogP contribution in [0.2, 0.25) is 0 Å². The lowest BCUT2D eigenvalue weighted by atomic mass is 10.6. The molecule has 0 aliphatic carbocycles. The average molecular weight is 130 g/mol. The first-order valence-electron chi connectivity index (χ1n) is 2.01. The van der Waals surface area contributed by atoms with Crippen molar-refractivity contribution >= 4 is 23.2 Å². The Hall–Kier alpha value is -0.570. The summed E-state index contributed by atoms with van der Waals surface area (Å²) in [6.45, 7) is 0. The van der Waals surface area contributed by atoms with E-state index in [0.29, 0.717) is 6.29 Å². The minimum absolute atomic E-state index is 0.0999. The second kappa shape index (κ2) is 4.59. The van der Waals surface area contributed by atoms with E-state index in [0.717, 1.165) is 11.8 Å². The fraction of sp³-hybridized carbons (Fsp3) is 0.200. The van der Waals surface area contributed by atoms with Crippen LogP contribution in [-0.2, 0) is 9.59 Å². The number of carbonyl (C=O) groups excluding carboxylic acids is 2. The van der Waals surface area contributed by atoms with Gasteiger partial charge in [-0.2, -0.15) is 0 Å². The summed E-state index contributed by atoms with van der Waals surface area (Å²) in [5.74, 6) is 0. The minimum atomic E-state index is -0.0999. The van der Waals surface area contributed by atoms with E-state index in [9.17, 15) is 9.59 Å². The molecular weight excluding hydrogens is 124 g/mol. The van der Waals surface area contributed by atoms with Crippen molar-refractivity contribution in [2.75, 3.05) is 6.26 Å². The molecule has 8 heavy (non-hydrogen) atoms. The molecule has 0 atom stereocenters. The highest BCUT2D eigenvalue weighted by Crippen LogP contribution is 1.93. The molecule has 0 aromatic rings. The molecule has 0 aliphatic rings. The van der Waals surface area contributed by atoms with Crippen LogP contribution in [0.25, 0.3) is 0 Å². The van der Waals surface area contributed by atoms with Crippen molar-refractivity contribution in [2.24, 2.45) is 0 Å². The van der Waals surface area contributed by atoms with Gasteiger partial charge in [0.05, 0.1) is 0 Å². The normalized spacial score (nSPS) is 9.62.